The minimum atomic E-state index is -0.805. The van der Waals surface area contributed by atoms with Gasteiger partial charge < -0.3 is 18.9 Å². The Kier molecular flexibility index (Phi) is 9.80. The van der Waals surface area contributed by atoms with E-state index in [0.29, 0.717) is 51.5 Å². The SMILES string of the molecule is COC(=O)c1ccccc1-c1cc2c(c(N(Cc3ncc(C)c(OC)c3C)C(=O)OC(C)(C)C)c1)CC=CN2C(=O)OC(C)(C)C. The lowest BCUT2D eigenvalue weighted by Gasteiger charge is -2.33. The zero-order valence-electron chi connectivity index (χ0n) is 28.3. The van der Waals surface area contributed by atoms with Crippen molar-refractivity contribution in [1.29, 1.82) is 0 Å². The van der Waals surface area contributed by atoms with Gasteiger partial charge in [-0.2, -0.15) is 0 Å². The second kappa shape index (κ2) is 13.2. The Morgan fingerprint density at radius 2 is 1.63 bits per heavy atom. The molecular weight excluding hydrogens is 586 g/mol. The maximum Gasteiger partial charge on any atom is 0.418 e. The largest absolute Gasteiger partial charge is 0.496 e. The molecule has 0 unspecified atom stereocenters. The average molecular weight is 630 g/mol. The first-order chi connectivity index (χ1) is 21.5. The van der Waals surface area contributed by atoms with Crippen molar-refractivity contribution in [2.75, 3.05) is 24.0 Å². The van der Waals surface area contributed by atoms with Crippen LogP contribution in [0.25, 0.3) is 11.1 Å². The number of anilines is 2. The molecule has 2 heterocycles. The predicted octanol–water partition coefficient (Wildman–Crippen LogP) is 7.91. The summed E-state index contributed by atoms with van der Waals surface area (Å²) in [5.74, 6) is 0.158. The van der Waals surface area contributed by atoms with Gasteiger partial charge in [-0.25, -0.2) is 14.4 Å². The molecule has 0 bridgehead atoms. The van der Waals surface area contributed by atoms with Gasteiger partial charge in [-0.05, 0) is 91.1 Å². The number of amides is 2. The van der Waals surface area contributed by atoms with Crippen LogP contribution in [0.2, 0.25) is 0 Å². The second-order valence-corrected chi connectivity index (χ2v) is 13.1. The van der Waals surface area contributed by atoms with Crippen molar-refractivity contribution in [3.63, 3.8) is 0 Å². The third-order valence-electron chi connectivity index (χ3n) is 7.23. The van der Waals surface area contributed by atoms with E-state index < -0.39 is 29.4 Å². The fraction of sp³-hybridized carbons (Fsp3) is 0.389. The normalized spacial score (nSPS) is 12.7. The maximum absolute atomic E-state index is 14.1. The summed E-state index contributed by atoms with van der Waals surface area (Å²) in [4.78, 5) is 48.1. The minimum absolute atomic E-state index is 0.0437. The topological polar surface area (TPSA) is 107 Å². The maximum atomic E-state index is 14.1. The molecule has 4 rings (SSSR count). The molecule has 0 atom stereocenters. The highest BCUT2D eigenvalue weighted by molar-refractivity contribution is 6.01. The zero-order chi connectivity index (χ0) is 34.0. The molecule has 0 saturated heterocycles. The number of methoxy groups -OCH3 is 2. The Labute approximate surface area is 270 Å². The van der Waals surface area contributed by atoms with E-state index in [1.165, 1.54) is 16.9 Å². The summed E-state index contributed by atoms with van der Waals surface area (Å²) in [6, 6.07) is 10.7. The summed E-state index contributed by atoms with van der Waals surface area (Å²) in [6.45, 7) is 14.6. The molecule has 244 valence electrons. The first-order valence-electron chi connectivity index (χ1n) is 15.1. The van der Waals surface area contributed by atoms with Crippen LogP contribution in [0.15, 0.2) is 54.9 Å². The van der Waals surface area contributed by atoms with E-state index in [-0.39, 0.29) is 6.54 Å². The summed E-state index contributed by atoms with van der Waals surface area (Å²) in [5.41, 5.74) is 3.85. The van der Waals surface area contributed by atoms with Gasteiger partial charge in [-0.3, -0.25) is 14.8 Å². The molecule has 2 amide bonds. The molecule has 46 heavy (non-hydrogen) atoms. The standard InChI is InChI=1S/C36H43N3O7/c1-22-20-37-28(23(2)31(22)43-9)21-39(34(42)46-36(6,7)8)30-19-24(25-14-11-12-15-26(25)32(40)44-10)18-29-27(30)16-13-17-38(29)33(41)45-35(3,4)5/h11-15,17-20H,16,21H2,1-10H3. The van der Waals surface area contributed by atoms with E-state index in [4.69, 9.17) is 18.9 Å². The van der Waals surface area contributed by atoms with Crippen LogP contribution in [0.5, 0.6) is 5.75 Å². The number of hydrogen-bond donors (Lipinski definition) is 0. The Morgan fingerprint density at radius 3 is 2.26 bits per heavy atom. The van der Waals surface area contributed by atoms with Crippen molar-refractivity contribution in [3.8, 4) is 16.9 Å². The van der Waals surface area contributed by atoms with Crippen molar-refractivity contribution in [1.82, 2.24) is 4.98 Å². The van der Waals surface area contributed by atoms with Crippen molar-refractivity contribution >= 4 is 29.5 Å². The molecule has 0 aliphatic carbocycles. The molecule has 10 heteroatoms. The van der Waals surface area contributed by atoms with Crippen LogP contribution in [0.1, 0.15) is 74.3 Å². The first kappa shape index (κ1) is 34.0. The molecule has 0 fully saturated rings. The number of aromatic nitrogens is 1. The van der Waals surface area contributed by atoms with E-state index in [0.717, 1.165) is 11.1 Å². The summed E-state index contributed by atoms with van der Waals surface area (Å²) >= 11 is 0. The zero-order valence-corrected chi connectivity index (χ0v) is 28.3. The summed E-state index contributed by atoms with van der Waals surface area (Å²) < 4.78 is 22.4. The lowest BCUT2D eigenvalue weighted by molar-refractivity contribution is 0.0572. The number of aryl methyl sites for hydroxylation is 1. The summed E-state index contributed by atoms with van der Waals surface area (Å²) in [6.07, 6.45) is 4.42. The number of nitrogens with zero attached hydrogens (tertiary/aromatic N) is 3. The van der Waals surface area contributed by atoms with Crippen LogP contribution < -0.4 is 14.5 Å². The van der Waals surface area contributed by atoms with Crippen LogP contribution in [0.3, 0.4) is 0 Å². The van der Waals surface area contributed by atoms with Gasteiger partial charge in [0.2, 0.25) is 0 Å². The molecule has 0 saturated carbocycles. The van der Waals surface area contributed by atoms with Gasteiger partial charge in [0.15, 0.2) is 0 Å². The van der Waals surface area contributed by atoms with E-state index in [9.17, 15) is 14.4 Å². The van der Waals surface area contributed by atoms with E-state index >= 15 is 0 Å². The fourth-order valence-corrected chi connectivity index (χ4v) is 5.26. The molecule has 1 aromatic heterocycles. The van der Waals surface area contributed by atoms with Crippen molar-refractivity contribution in [2.45, 2.75) is 79.6 Å². The number of fused-ring (bicyclic) bond motifs is 1. The lowest BCUT2D eigenvalue weighted by Crippen LogP contribution is -2.39. The lowest BCUT2D eigenvalue weighted by atomic mass is 9.93. The third-order valence-corrected chi connectivity index (χ3v) is 7.23. The summed E-state index contributed by atoms with van der Waals surface area (Å²) in [5, 5.41) is 0. The highest BCUT2D eigenvalue weighted by Crippen LogP contribution is 2.41. The molecule has 0 N–H and O–H groups in total. The number of allylic oxidation sites excluding steroid dienone is 1. The van der Waals surface area contributed by atoms with Gasteiger partial charge >= 0.3 is 18.2 Å². The molecule has 3 aromatic rings. The third kappa shape index (κ3) is 7.50. The molecule has 0 spiro atoms. The molecule has 2 aromatic carbocycles. The molecule has 0 radical (unpaired) electrons. The number of esters is 1. The van der Waals surface area contributed by atoms with Crippen molar-refractivity contribution < 1.29 is 33.3 Å². The fourth-order valence-electron chi connectivity index (χ4n) is 5.26. The van der Waals surface area contributed by atoms with Gasteiger partial charge in [0.05, 0.1) is 43.4 Å². The van der Waals surface area contributed by atoms with Crippen molar-refractivity contribution in [3.05, 3.63) is 82.8 Å². The van der Waals surface area contributed by atoms with Crippen LogP contribution in [-0.2, 0) is 27.2 Å². The van der Waals surface area contributed by atoms with Gasteiger partial charge in [0, 0.05) is 29.1 Å². The van der Waals surface area contributed by atoms with Crippen LogP contribution >= 0.6 is 0 Å². The number of ether oxygens (including phenoxy) is 4. The number of hydrogen-bond acceptors (Lipinski definition) is 8. The van der Waals surface area contributed by atoms with Gasteiger partial charge in [0.1, 0.15) is 17.0 Å². The highest BCUT2D eigenvalue weighted by atomic mass is 16.6. The highest BCUT2D eigenvalue weighted by Gasteiger charge is 2.33. The van der Waals surface area contributed by atoms with Crippen molar-refractivity contribution in [2.24, 2.45) is 0 Å². The molecule has 10 nitrogen and oxygen atoms in total. The number of benzene rings is 2. The number of pyridine rings is 1. The number of carbonyl (C=O) groups is 3. The van der Waals surface area contributed by atoms with Crippen LogP contribution in [0, 0.1) is 13.8 Å². The predicted molar refractivity (Wildman–Crippen MR) is 177 cm³/mol. The minimum Gasteiger partial charge on any atom is -0.496 e. The van der Waals surface area contributed by atoms with E-state index in [1.54, 1.807) is 79.2 Å². The Bertz CT molecular complexity index is 1680. The Hall–Kier alpha value is -4.86. The van der Waals surface area contributed by atoms with Gasteiger partial charge in [0.25, 0.3) is 0 Å². The van der Waals surface area contributed by atoms with Gasteiger partial charge in [-0.15, -0.1) is 0 Å². The molecule has 1 aliphatic rings. The quantitative estimate of drug-likeness (QED) is 0.200. The first-order valence-corrected chi connectivity index (χ1v) is 15.1. The smallest absolute Gasteiger partial charge is 0.418 e. The second-order valence-electron chi connectivity index (χ2n) is 13.1. The Morgan fingerprint density at radius 1 is 0.957 bits per heavy atom. The van der Waals surface area contributed by atoms with Crippen LogP contribution in [0.4, 0.5) is 21.0 Å². The molecular formula is C36H43N3O7. The average Bonchev–Trinajstić information content (AvgIpc) is 2.98. The Balaban J connectivity index is 2.02. The summed E-state index contributed by atoms with van der Waals surface area (Å²) in [7, 11) is 2.92. The molecule has 1 aliphatic heterocycles. The van der Waals surface area contributed by atoms with E-state index in [2.05, 4.69) is 4.98 Å². The number of rotatable bonds is 6. The number of carbonyl (C=O) groups excluding carboxylic acids is 3. The van der Waals surface area contributed by atoms with E-state index in [1.807, 2.05) is 38.1 Å². The van der Waals surface area contributed by atoms with Gasteiger partial charge in [-0.1, -0.05) is 24.3 Å². The monoisotopic (exact) mass is 629 g/mol. The van der Waals surface area contributed by atoms with Crippen LogP contribution in [-0.4, -0.2) is 48.6 Å².